The van der Waals surface area contributed by atoms with Crippen LogP contribution in [0.15, 0.2) is 18.2 Å². The number of methoxy groups -OCH3 is 2. The lowest BCUT2D eigenvalue weighted by molar-refractivity contribution is 0.0942. The number of ether oxygens (including phenoxy) is 3. The molecule has 0 unspecified atom stereocenters. The maximum atomic E-state index is 12.0. The molecule has 6 nitrogen and oxygen atoms in total. The van der Waals surface area contributed by atoms with E-state index in [2.05, 4.69) is 5.32 Å². The van der Waals surface area contributed by atoms with Gasteiger partial charge in [0.1, 0.15) is 11.5 Å². The molecule has 0 aliphatic rings. The topological polar surface area (TPSA) is 82.8 Å². The van der Waals surface area contributed by atoms with Crippen LogP contribution in [0.3, 0.4) is 0 Å². The van der Waals surface area contributed by atoms with E-state index < -0.39 is 0 Å². The van der Waals surface area contributed by atoms with Gasteiger partial charge in [-0.25, -0.2) is 0 Å². The summed E-state index contributed by atoms with van der Waals surface area (Å²) in [5.41, 5.74) is 5.81. The van der Waals surface area contributed by atoms with Crippen molar-refractivity contribution in [3.8, 4) is 11.5 Å². The Morgan fingerprint density at radius 2 is 1.80 bits per heavy atom. The zero-order valence-corrected chi connectivity index (χ0v) is 12.0. The fourth-order valence-corrected chi connectivity index (χ4v) is 1.60. The predicted octanol–water partition coefficient (Wildman–Crippen LogP) is 0.799. The van der Waals surface area contributed by atoms with Gasteiger partial charge in [0.15, 0.2) is 0 Å². The summed E-state index contributed by atoms with van der Waals surface area (Å²) in [6, 6.07) is 5.06. The summed E-state index contributed by atoms with van der Waals surface area (Å²) >= 11 is 0. The molecule has 6 heteroatoms. The highest BCUT2D eigenvalue weighted by Crippen LogP contribution is 2.22. The number of rotatable bonds is 9. The van der Waals surface area contributed by atoms with E-state index in [9.17, 15) is 4.79 Å². The van der Waals surface area contributed by atoms with Crippen molar-refractivity contribution in [2.75, 3.05) is 40.5 Å². The van der Waals surface area contributed by atoms with Crippen molar-refractivity contribution in [3.63, 3.8) is 0 Å². The van der Waals surface area contributed by atoms with E-state index >= 15 is 0 Å². The average molecular weight is 282 g/mol. The number of hydrogen-bond acceptors (Lipinski definition) is 5. The van der Waals surface area contributed by atoms with Gasteiger partial charge in [0.25, 0.3) is 5.91 Å². The summed E-state index contributed by atoms with van der Waals surface area (Å²) in [5.74, 6) is 1.00. The number of hydrogen-bond donors (Lipinski definition) is 2. The highest BCUT2D eigenvalue weighted by atomic mass is 16.5. The number of carbonyl (C=O) groups excluding carboxylic acids is 1. The first-order valence-corrected chi connectivity index (χ1v) is 6.50. The Labute approximate surface area is 119 Å². The maximum absolute atomic E-state index is 12.0. The molecule has 0 fully saturated rings. The molecule has 20 heavy (non-hydrogen) atoms. The van der Waals surface area contributed by atoms with Crippen molar-refractivity contribution < 1.29 is 19.0 Å². The van der Waals surface area contributed by atoms with Crippen LogP contribution in [0.4, 0.5) is 0 Å². The number of nitrogens with one attached hydrogen (secondary N) is 1. The van der Waals surface area contributed by atoms with Gasteiger partial charge < -0.3 is 25.3 Å². The highest BCUT2D eigenvalue weighted by Gasteiger charge is 2.09. The van der Waals surface area contributed by atoms with Crippen LogP contribution < -0.4 is 20.5 Å². The van der Waals surface area contributed by atoms with Gasteiger partial charge in [0.05, 0.1) is 20.8 Å². The molecule has 1 rings (SSSR count). The SMILES string of the molecule is COc1cc(OC)cc(C(=O)NCCCOCCN)c1. The van der Waals surface area contributed by atoms with Crippen LogP contribution in [0.25, 0.3) is 0 Å². The van der Waals surface area contributed by atoms with Gasteiger partial charge in [-0.3, -0.25) is 4.79 Å². The van der Waals surface area contributed by atoms with E-state index in [0.717, 1.165) is 6.42 Å². The van der Waals surface area contributed by atoms with Crippen molar-refractivity contribution in [3.05, 3.63) is 23.8 Å². The quantitative estimate of drug-likeness (QED) is 0.655. The Kier molecular flexibility index (Phi) is 7.46. The second kappa shape index (κ2) is 9.17. The number of carbonyl (C=O) groups is 1. The molecule has 0 saturated heterocycles. The molecule has 0 aliphatic carbocycles. The van der Waals surface area contributed by atoms with Crippen LogP contribution in [0.2, 0.25) is 0 Å². The van der Waals surface area contributed by atoms with Crippen LogP contribution >= 0.6 is 0 Å². The van der Waals surface area contributed by atoms with Crippen molar-refractivity contribution in [1.82, 2.24) is 5.32 Å². The first-order valence-electron chi connectivity index (χ1n) is 6.50. The molecule has 0 bridgehead atoms. The molecule has 0 radical (unpaired) electrons. The standard InChI is InChI=1S/C14H22N2O4/c1-18-12-8-11(9-13(10-12)19-2)14(17)16-5-3-6-20-7-4-15/h8-10H,3-7,15H2,1-2H3,(H,16,17). The molecule has 0 saturated carbocycles. The Hall–Kier alpha value is -1.79. The Morgan fingerprint density at radius 3 is 2.35 bits per heavy atom. The Bertz CT molecular complexity index is 401. The van der Waals surface area contributed by atoms with Gasteiger partial charge >= 0.3 is 0 Å². The van der Waals surface area contributed by atoms with Crippen molar-refractivity contribution in [2.45, 2.75) is 6.42 Å². The lowest BCUT2D eigenvalue weighted by atomic mass is 10.2. The predicted molar refractivity (Wildman–Crippen MR) is 76.4 cm³/mol. The smallest absolute Gasteiger partial charge is 0.251 e. The lowest BCUT2D eigenvalue weighted by Gasteiger charge is -2.09. The molecule has 1 aromatic rings. The molecular formula is C14H22N2O4. The maximum Gasteiger partial charge on any atom is 0.251 e. The van der Waals surface area contributed by atoms with Gasteiger partial charge in [0, 0.05) is 31.3 Å². The zero-order valence-electron chi connectivity index (χ0n) is 12.0. The monoisotopic (exact) mass is 282 g/mol. The van der Waals surface area contributed by atoms with Crippen molar-refractivity contribution >= 4 is 5.91 Å². The average Bonchev–Trinajstić information content (AvgIpc) is 2.49. The van der Waals surface area contributed by atoms with Crippen LogP contribution in [0, 0.1) is 0 Å². The van der Waals surface area contributed by atoms with Gasteiger partial charge in [-0.15, -0.1) is 0 Å². The second-order valence-corrected chi connectivity index (χ2v) is 4.11. The zero-order chi connectivity index (χ0) is 14.8. The number of benzene rings is 1. The molecule has 0 heterocycles. The molecule has 0 atom stereocenters. The number of nitrogens with two attached hydrogens (primary N) is 1. The molecular weight excluding hydrogens is 260 g/mol. The van der Waals surface area contributed by atoms with Gasteiger partial charge in [-0.1, -0.05) is 0 Å². The summed E-state index contributed by atoms with van der Waals surface area (Å²) in [7, 11) is 3.09. The summed E-state index contributed by atoms with van der Waals surface area (Å²) in [4.78, 5) is 12.0. The summed E-state index contributed by atoms with van der Waals surface area (Å²) < 4.78 is 15.5. The van der Waals surface area contributed by atoms with Gasteiger partial charge in [0.2, 0.25) is 0 Å². The van der Waals surface area contributed by atoms with Crippen LogP contribution in [0.5, 0.6) is 11.5 Å². The summed E-state index contributed by atoms with van der Waals surface area (Å²) in [5, 5.41) is 2.82. The normalized spacial score (nSPS) is 10.2. The summed E-state index contributed by atoms with van der Waals surface area (Å²) in [6.07, 6.45) is 0.743. The van der Waals surface area contributed by atoms with E-state index in [4.69, 9.17) is 19.9 Å². The van der Waals surface area contributed by atoms with E-state index in [1.807, 2.05) is 0 Å². The minimum absolute atomic E-state index is 0.166. The molecule has 0 spiro atoms. The highest BCUT2D eigenvalue weighted by molar-refractivity contribution is 5.95. The molecule has 0 aliphatic heterocycles. The van der Waals surface area contributed by atoms with E-state index in [-0.39, 0.29) is 5.91 Å². The third-order valence-corrected chi connectivity index (χ3v) is 2.63. The third-order valence-electron chi connectivity index (χ3n) is 2.63. The van der Waals surface area contributed by atoms with Crippen LogP contribution in [-0.2, 0) is 4.74 Å². The van der Waals surface area contributed by atoms with Crippen molar-refractivity contribution in [1.29, 1.82) is 0 Å². The minimum Gasteiger partial charge on any atom is -0.497 e. The van der Waals surface area contributed by atoms with Crippen LogP contribution in [0.1, 0.15) is 16.8 Å². The third kappa shape index (κ3) is 5.46. The van der Waals surface area contributed by atoms with E-state index in [1.165, 1.54) is 0 Å². The lowest BCUT2D eigenvalue weighted by Crippen LogP contribution is -2.25. The molecule has 1 amide bonds. The first kappa shape index (κ1) is 16.3. The largest absolute Gasteiger partial charge is 0.497 e. The van der Waals surface area contributed by atoms with Crippen LogP contribution in [-0.4, -0.2) is 46.4 Å². The van der Waals surface area contributed by atoms with E-state index in [1.54, 1.807) is 32.4 Å². The van der Waals surface area contributed by atoms with Crippen molar-refractivity contribution in [2.24, 2.45) is 5.73 Å². The molecule has 3 N–H and O–H groups in total. The summed E-state index contributed by atoms with van der Waals surface area (Å²) in [6.45, 7) is 2.18. The number of amides is 1. The minimum atomic E-state index is -0.166. The fraction of sp³-hybridized carbons (Fsp3) is 0.500. The second-order valence-electron chi connectivity index (χ2n) is 4.11. The molecule has 1 aromatic carbocycles. The first-order chi connectivity index (χ1) is 9.71. The van der Waals surface area contributed by atoms with E-state index in [0.29, 0.717) is 43.4 Å². The molecule has 112 valence electrons. The van der Waals surface area contributed by atoms with Gasteiger partial charge in [-0.2, -0.15) is 0 Å². The molecule has 0 aromatic heterocycles. The fourth-order valence-electron chi connectivity index (χ4n) is 1.60. The Morgan fingerprint density at radius 1 is 1.15 bits per heavy atom. The Balaban J connectivity index is 2.46. The van der Waals surface area contributed by atoms with Gasteiger partial charge in [-0.05, 0) is 18.6 Å².